The maximum atomic E-state index is 12.1. The van der Waals surface area contributed by atoms with Crippen LogP contribution >= 0.6 is 0 Å². The lowest BCUT2D eigenvalue weighted by Crippen LogP contribution is -2.64. The number of ether oxygens (including phenoxy) is 1. The zero-order valence-corrected chi connectivity index (χ0v) is 11.9. The average Bonchev–Trinajstić information content (AvgIpc) is 2.22. The van der Waals surface area contributed by atoms with Crippen molar-refractivity contribution in [2.45, 2.75) is 65.5 Å². The number of rotatable bonds is 6. The fourth-order valence-electron chi connectivity index (χ4n) is 2.49. The van der Waals surface area contributed by atoms with Crippen LogP contribution in [-0.2, 0) is 9.53 Å². The van der Waals surface area contributed by atoms with Crippen molar-refractivity contribution < 1.29 is 9.53 Å². The molecule has 3 nitrogen and oxygen atoms in total. The van der Waals surface area contributed by atoms with Gasteiger partial charge < -0.3 is 4.74 Å². The SMILES string of the molecule is CCOC(=O)C1(NC(C)CC)CC(C(C)C)C1. The summed E-state index contributed by atoms with van der Waals surface area (Å²) in [5.41, 5.74) is -0.402. The summed E-state index contributed by atoms with van der Waals surface area (Å²) >= 11 is 0. The molecule has 0 heterocycles. The second kappa shape index (κ2) is 5.85. The summed E-state index contributed by atoms with van der Waals surface area (Å²) in [6.45, 7) is 11.0. The third-order valence-corrected chi connectivity index (χ3v) is 3.97. The Kier molecular flexibility index (Phi) is 4.99. The number of hydrogen-bond donors (Lipinski definition) is 1. The minimum absolute atomic E-state index is 0.0581. The van der Waals surface area contributed by atoms with E-state index in [2.05, 4.69) is 33.0 Å². The van der Waals surface area contributed by atoms with Crippen molar-refractivity contribution in [2.75, 3.05) is 6.61 Å². The highest BCUT2D eigenvalue weighted by atomic mass is 16.5. The van der Waals surface area contributed by atoms with Gasteiger partial charge in [0, 0.05) is 6.04 Å². The first-order chi connectivity index (χ1) is 7.95. The van der Waals surface area contributed by atoms with Crippen LogP contribution in [0.3, 0.4) is 0 Å². The van der Waals surface area contributed by atoms with Crippen LogP contribution in [0.1, 0.15) is 53.9 Å². The van der Waals surface area contributed by atoms with Gasteiger partial charge >= 0.3 is 5.97 Å². The number of carbonyl (C=O) groups excluding carboxylic acids is 1. The summed E-state index contributed by atoms with van der Waals surface area (Å²) in [5, 5.41) is 3.47. The van der Waals surface area contributed by atoms with Crippen molar-refractivity contribution in [1.29, 1.82) is 0 Å². The molecular weight excluding hydrogens is 214 g/mol. The largest absolute Gasteiger partial charge is 0.465 e. The summed E-state index contributed by atoms with van der Waals surface area (Å²) in [7, 11) is 0. The van der Waals surface area contributed by atoms with Crippen molar-refractivity contribution in [3.05, 3.63) is 0 Å². The molecule has 1 atom stereocenters. The van der Waals surface area contributed by atoms with E-state index < -0.39 is 5.54 Å². The van der Waals surface area contributed by atoms with E-state index >= 15 is 0 Å². The summed E-state index contributed by atoms with van der Waals surface area (Å²) in [4.78, 5) is 12.1. The first-order valence-electron chi connectivity index (χ1n) is 6.90. The third-order valence-electron chi connectivity index (χ3n) is 3.97. The van der Waals surface area contributed by atoms with Gasteiger partial charge in [-0.25, -0.2) is 0 Å². The van der Waals surface area contributed by atoms with E-state index in [-0.39, 0.29) is 5.97 Å². The van der Waals surface area contributed by atoms with Gasteiger partial charge in [0.1, 0.15) is 5.54 Å². The monoisotopic (exact) mass is 241 g/mol. The second-order valence-corrected chi connectivity index (χ2v) is 5.67. The van der Waals surface area contributed by atoms with Crippen molar-refractivity contribution in [3.63, 3.8) is 0 Å². The molecule has 1 aliphatic carbocycles. The maximum absolute atomic E-state index is 12.1. The molecule has 0 saturated heterocycles. The molecule has 17 heavy (non-hydrogen) atoms. The fourth-order valence-corrected chi connectivity index (χ4v) is 2.49. The second-order valence-electron chi connectivity index (χ2n) is 5.67. The number of esters is 1. The van der Waals surface area contributed by atoms with Gasteiger partial charge in [-0.15, -0.1) is 0 Å². The van der Waals surface area contributed by atoms with Crippen molar-refractivity contribution in [1.82, 2.24) is 5.32 Å². The smallest absolute Gasteiger partial charge is 0.326 e. The molecule has 1 aliphatic rings. The van der Waals surface area contributed by atoms with Crippen LogP contribution in [0.4, 0.5) is 0 Å². The summed E-state index contributed by atoms with van der Waals surface area (Å²) in [5.74, 6) is 1.24. The van der Waals surface area contributed by atoms with Crippen LogP contribution in [0.2, 0.25) is 0 Å². The Labute approximate surface area is 105 Å². The van der Waals surface area contributed by atoms with Crippen LogP contribution < -0.4 is 5.32 Å². The zero-order chi connectivity index (χ0) is 13.1. The Morgan fingerprint density at radius 1 is 1.35 bits per heavy atom. The molecule has 1 unspecified atom stereocenters. The van der Waals surface area contributed by atoms with Gasteiger partial charge in [0.2, 0.25) is 0 Å². The highest BCUT2D eigenvalue weighted by Crippen LogP contribution is 2.43. The van der Waals surface area contributed by atoms with E-state index in [0.29, 0.717) is 24.5 Å². The van der Waals surface area contributed by atoms with Gasteiger partial charge in [-0.05, 0) is 44.9 Å². The topological polar surface area (TPSA) is 38.3 Å². The predicted molar refractivity (Wildman–Crippen MR) is 69.8 cm³/mol. The molecule has 0 radical (unpaired) electrons. The van der Waals surface area contributed by atoms with Crippen LogP contribution in [0, 0.1) is 11.8 Å². The van der Waals surface area contributed by atoms with Gasteiger partial charge in [0.15, 0.2) is 0 Å². The van der Waals surface area contributed by atoms with Crippen molar-refractivity contribution in [3.8, 4) is 0 Å². The molecule has 1 fully saturated rings. The van der Waals surface area contributed by atoms with Crippen LogP contribution in [0.25, 0.3) is 0 Å². The predicted octanol–water partition coefficient (Wildman–Crippen LogP) is 2.74. The molecule has 0 aromatic carbocycles. The van der Waals surface area contributed by atoms with E-state index in [1.54, 1.807) is 0 Å². The van der Waals surface area contributed by atoms with Gasteiger partial charge in [0.05, 0.1) is 6.61 Å². The van der Waals surface area contributed by atoms with Gasteiger partial charge in [-0.2, -0.15) is 0 Å². The molecular formula is C14H27NO2. The van der Waals surface area contributed by atoms with E-state index in [1.807, 2.05) is 6.92 Å². The molecule has 0 amide bonds. The van der Waals surface area contributed by atoms with E-state index in [4.69, 9.17) is 4.74 Å². The lowest BCUT2D eigenvalue weighted by Gasteiger charge is -2.49. The van der Waals surface area contributed by atoms with Crippen LogP contribution in [0.15, 0.2) is 0 Å². The first-order valence-corrected chi connectivity index (χ1v) is 6.90. The van der Waals surface area contributed by atoms with E-state index in [9.17, 15) is 4.79 Å². The van der Waals surface area contributed by atoms with Crippen LogP contribution in [0.5, 0.6) is 0 Å². The summed E-state index contributed by atoms with van der Waals surface area (Å²) < 4.78 is 5.22. The molecule has 3 heteroatoms. The molecule has 0 spiro atoms. The normalized spacial score (nSPS) is 29.9. The van der Waals surface area contributed by atoms with Gasteiger partial charge in [-0.1, -0.05) is 20.8 Å². The Morgan fingerprint density at radius 2 is 1.94 bits per heavy atom. The third kappa shape index (κ3) is 3.21. The van der Waals surface area contributed by atoms with Crippen molar-refractivity contribution in [2.24, 2.45) is 11.8 Å². The molecule has 0 aromatic heterocycles. The Hall–Kier alpha value is -0.570. The molecule has 0 aliphatic heterocycles. The minimum atomic E-state index is -0.402. The molecule has 0 bridgehead atoms. The maximum Gasteiger partial charge on any atom is 0.326 e. The Balaban J connectivity index is 2.65. The highest BCUT2D eigenvalue weighted by Gasteiger charge is 2.52. The molecule has 1 rings (SSSR count). The fraction of sp³-hybridized carbons (Fsp3) is 0.929. The van der Waals surface area contributed by atoms with Gasteiger partial charge in [0.25, 0.3) is 0 Å². The summed E-state index contributed by atoms with van der Waals surface area (Å²) in [6.07, 6.45) is 2.88. The zero-order valence-electron chi connectivity index (χ0n) is 11.9. The lowest BCUT2D eigenvalue weighted by atomic mass is 9.63. The quantitative estimate of drug-likeness (QED) is 0.727. The Morgan fingerprint density at radius 3 is 2.35 bits per heavy atom. The molecule has 100 valence electrons. The van der Waals surface area contributed by atoms with E-state index in [0.717, 1.165) is 19.3 Å². The van der Waals surface area contributed by atoms with Crippen molar-refractivity contribution >= 4 is 5.97 Å². The lowest BCUT2D eigenvalue weighted by molar-refractivity contribution is -0.159. The first kappa shape index (κ1) is 14.5. The summed E-state index contributed by atoms with van der Waals surface area (Å²) in [6, 6.07) is 0.368. The molecule has 1 N–H and O–H groups in total. The number of nitrogens with one attached hydrogen (secondary N) is 1. The standard InChI is InChI=1S/C14H27NO2/c1-6-11(5)15-14(13(16)17-7-2)8-12(9-14)10(3)4/h10-12,15H,6-9H2,1-5H3. The average molecular weight is 241 g/mol. The molecule has 1 saturated carbocycles. The minimum Gasteiger partial charge on any atom is -0.465 e. The highest BCUT2D eigenvalue weighted by molar-refractivity contribution is 5.82. The van der Waals surface area contributed by atoms with Crippen LogP contribution in [-0.4, -0.2) is 24.2 Å². The Bertz CT molecular complexity index is 257. The number of carbonyl (C=O) groups is 1. The van der Waals surface area contributed by atoms with Gasteiger partial charge in [-0.3, -0.25) is 10.1 Å². The van der Waals surface area contributed by atoms with E-state index in [1.165, 1.54) is 0 Å². The number of hydrogen-bond acceptors (Lipinski definition) is 3. The molecule has 0 aromatic rings.